The minimum atomic E-state index is -4.48. The highest BCUT2D eigenvalue weighted by Crippen LogP contribution is 2.34. The zero-order valence-electron chi connectivity index (χ0n) is 11.4. The zero-order valence-corrected chi connectivity index (χ0v) is 11.4. The van der Waals surface area contributed by atoms with Gasteiger partial charge in [0, 0.05) is 12.6 Å². The standard InChI is InChI=1S/C14H15F3N4/c1-9-8-18-11(7-10-5-3-2-4-6-10)12-19-20-13(21(9)12)14(15,16)17/h2-6,9,11,18H,7-8H2,1H3. The molecule has 0 saturated heterocycles. The first kappa shape index (κ1) is 14.1. The first-order chi connectivity index (χ1) is 9.97. The molecule has 1 aliphatic heterocycles. The maximum Gasteiger partial charge on any atom is 0.451 e. The third-order valence-corrected chi connectivity index (χ3v) is 3.67. The molecule has 1 aliphatic rings. The summed E-state index contributed by atoms with van der Waals surface area (Å²) in [7, 11) is 0. The normalized spacial score (nSPS) is 22.1. The number of aromatic nitrogens is 3. The van der Waals surface area contributed by atoms with Crippen LogP contribution in [0.2, 0.25) is 0 Å². The van der Waals surface area contributed by atoms with Crippen LogP contribution in [0.1, 0.15) is 36.2 Å². The third kappa shape index (κ3) is 2.65. The average molecular weight is 296 g/mol. The van der Waals surface area contributed by atoms with Gasteiger partial charge in [-0.15, -0.1) is 10.2 Å². The Morgan fingerprint density at radius 1 is 1.24 bits per heavy atom. The van der Waals surface area contributed by atoms with E-state index in [1.165, 1.54) is 4.57 Å². The second kappa shape index (κ2) is 5.14. The van der Waals surface area contributed by atoms with Crippen LogP contribution in [0.25, 0.3) is 0 Å². The van der Waals surface area contributed by atoms with Gasteiger partial charge in [0.1, 0.15) is 0 Å². The van der Waals surface area contributed by atoms with Crippen molar-refractivity contribution in [2.24, 2.45) is 0 Å². The summed E-state index contributed by atoms with van der Waals surface area (Å²) < 4.78 is 40.2. The summed E-state index contributed by atoms with van der Waals surface area (Å²) in [6.07, 6.45) is -3.89. The first-order valence-electron chi connectivity index (χ1n) is 6.76. The number of halogens is 3. The highest BCUT2D eigenvalue weighted by molar-refractivity contribution is 5.19. The number of rotatable bonds is 2. The molecular weight excluding hydrogens is 281 g/mol. The van der Waals surface area contributed by atoms with Gasteiger partial charge in [0.05, 0.1) is 6.04 Å². The number of benzene rings is 1. The number of nitrogens with zero attached hydrogens (tertiary/aromatic N) is 3. The van der Waals surface area contributed by atoms with Crippen LogP contribution in [0.3, 0.4) is 0 Å². The highest BCUT2D eigenvalue weighted by atomic mass is 19.4. The van der Waals surface area contributed by atoms with Gasteiger partial charge in [0.15, 0.2) is 5.82 Å². The molecule has 3 rings (SSSR count). The Morgan fingerprint density at radius 3 is 2.62 bits per heavy atom. The van der Waals surface area contributed by atoms with Gasteiger partial charge < -0.3 is 9.88 Å². The predicted octanol–water partition coefficient (Wildman–Crippen LogP) is 2.74. The second-order valence-electron chi connectivity index (χ2n) is 5.25. The van der Waals surface area contributed by atoms with Gasteiger partial charge in [0.2, 0.25) is 5.82 Å². The molecule has 112 valence electrons. The van der Waals surface area contributed by atoms with Crippen molar-refractivity contribution in [3.63, 3.8) is 0 Å². The Hall–Kier alpha value is -1.89. The lowest BCUT2D eigenvalue weighted by atomic mass is 10.0. The third-order valence-electron chi connectivity index (χ3n) is 3.67. The van der Waals surface area contributed by atoms with Gasteiger partial charge in [-0.05, 0) is 18.9 Å². The average Bonchev–Trinajstić information content (AvgIpc) is 2.89. The van der Waals surface area contributed by atoms with Crippen molar-refractivity contribution in [2.75, 3.05) is 6.54 Å². The summed E-state index contributed by atoms with van der Waals surface area (Å²) in [5, 5.41) is 10.4. The molecular formula is C14H15F3N4. The van der Waals surface area contributed by atoms with Crippen molar-refractivity contribution in [2.45, 2.75) is 31.6 Å². The van der Waals surface area contributed by atoms with E-state index in [2.05, 4.69) is 15.5 Å². The summed E-state index contributed by atoms with van der Waals surface area (Å²) in [5.41, 5.74) is 1.05. The Kier molecular flexibility index (Phi) is 3.44. The van der Waals surface area contributed by atoms with Crippen molar-refractivity contribution >= 4 is 0 Å². The number of nitrogens with one attached hydrogen (secondary N) is 1. The Labute approximate surface area is 120 Å². The molecule has 1 aromatic carbocycles. The lowest BCUT2D eigenvalue weighted by Gasteiger charge is -2.30. The van der Waals surface area contributed by atoms with E-state index < -0.39 is 12.0 Å². The highest BCUT2D eigenvalue weighted by Gasteiger charge is 2.42. The molecule has 2 heterocycles. The van der Waals surface area contributed by atoms with Crippen molar-refractivity contribution in [3.8, 4) is 0 Å². The fourth-order valence-electron chi connectivity index (χ4n) is 2.68. The van der Waals surface area contributed by atoms with Crippen LogP contribution in [-0.4, -0.2) is 21.3 Å². The number of alkyl halides is 3. The maximum absolute atomic E-state index is 13.0. The largest absolute Gasteiger partial charge is 0.451 e. The summed E-state index contributed by atoms with van der Waals surface area (Å²) in [5.74, 6) is -0.561. The summed E-state index contributed by atoms with van der Waals surface area (Å²) in [6.45, 7) is 2.19. The van der Waals surface area contributed by atoms with Crippen LogP contribution in [-0.2, 0) is 12.6 Å². The fraction of sp³-hybridized carbons (Fsp3) is 0.429. The summed E-state index contributed by atoms with van der Waals surface area (Å²) >= 11 is 0. The van der Waals surface area contributed by atoms with Crippen molar-refractivity contribution in [1.82, 2.24) is 20.1 Å². The molecule has 2 aromatic rings. The minimum absolute atomic E-state index is 0.257. The Bertz CT molecular complexity index is 621. The molecule has 0 aliphatic carbocycles. The molecule has 1 aromatic heterocycles. The molecule has 4 nitrogen and oxygen atoms in total. The van der Waals surface area contributed by atoms with Gasteiger partial charge in [0.25, 0.3) is 0 Å². The number of hydrogen-bond acceptors (Lipinski definition) is 3. The Balaban J connectivity index is 1.94. The van der Waals surface area contributed by atoms with E-state index in [1.807, 2.05) is 30.3 Å². The van der Waals surface area contributed by atoms with Crippen LogP contribution >= 0.6 is 0 Å². The zero-order chi connectivity index (χ0) is 15.0. The molecule has 1 N–H and O–H groups in total. The molecule has 0 radical (unpaired) electrons. The van der Waals surface area contributed by atoms with Crippen LogP contribution in [0.5, 0.6) is 0 Å². The SMILES string of the molecule is CC1CNC(Cc2ccccc2)c2nnc(C(F)(F)F)n21. The molecule has 2 atom stereocenters. The van der Waals surface area contributed by atoms with Crippen LogP contribution in [0.4, 0.5) is 13.2 Å². The van der Waals surface area contributed by atoms with Gasteiger partial charge in [-0.3, -0.25) is 0 Å². The van der Waals surface area contributed by atoms with E-state index in [0.29, 0.717) is 18.8 Å². The molecule has 2 unspecified atom stereocenters. The number of fused-ring (bicyclic) bond motifs is 1. The van der Waals surface area contributed by atoms with E-state index in [0.717, 1.165) is 5.56 Å². The molecule has 21 heavy (non-hydrogen) atoms. The van der Waals surface area contributed by atoms with Crippen molar-refractivity contribution in [3.05, 3.63) is 47.5 Å². The van der Waals surface area contributed by atoms with Gasteiger partial charge >= 0.3 is 6.18 Å². The van der Waals surface area contributed by atoms with E-state index in [9.17, 15) is 13.2 Å². The van der Waals surface area contributed by atoms with E-state index in [4.69, 9.17) is 0 Å². The van der Waals surface area contributed by atoms with E-state index >= 15 is 0 Å². The van der Waals surface area contributed by atoms with Crippen molar-refractivity contribution in [1.29, 1.82) is 0 Å². The second-order valence-corrected chi connectivity index (χ2v) is 5.25. The van der Waals surface area contributed by atoms with Gasteiger partial charge in [-0.25, -0.2) is 0 Å². The van der Waals surface area contributed by atoms with Crippen LogP contribution < -0.4 is 5.32 Å². The van der Waals surface area contributed by atoms with E-state index in [-0.39, 0.29) is 12.1 Å². The van der Waals surface area contributed by atoms with Crippen LogP contribution in [0, 0.1) is 0 Å². The minimum Gasteiger partial charge on any atom is -0.305 e. The van der Waals surface area contributed by atoms with Crippen molar-refractivity contribution < 1.29 is 13.2 Å². The van der Waals surface area contributed by atoms with Gasteiger partial charge in [-0.2, -0.15) is 13.2 Å². The van der Waals surface area contributed by atoms with E-state index in [1.54, 1.807) is 6.92 Å². The number of hydrogen-bond donors (Lipinski definition) is 1. The monoisotopic (exact) mass is 296 g/mol. The quantitative estimate of drug-likeness (QED) is 0.926. The molecule has 0 saturated carbocycles. The fourth-order valence-corrected chi connectivity index (χ4v) is 2.68. The van der Waals surface area contributed by atoms with Gasteiger partial charge in [-0.1, -0.05) is 30.3 Å². The summed E-state index contributed by atoms with van der Waals surface area (Å²) in [6, 6.07) is 9.05. The lowest BCUT2D eigenvalue weighted by molar-refractivity contribution is -0.148. The molecule has 0 spiro atoms. The summed E-state index contributed by atoms with van der Waals surface area (Å²) in [4.78, 5) is 0. The lowest BCUT2D eigenvalue weighted by Crippen LogP contribution is -2.38. The molecule has 7 heteroatoms. The van der Waals surface area contributed by atoms with Crippen LogP contribution in [0.15, 0.2) is 30.3 Å². The predicted molar refractivity (Wildman–Crippen MR) is 70.6 cm³/mol. The molecule has 0 amide bonds. The maximum atomic E-state index is 13.0. The first-order valence-corrected chi connectivity index (χ1v) is 6.76. The molecule has 0 bridgehead atoms. The Morgan fingerprint density at radius 2 is 1.95 bits per heavy atom. The smallest absolute Gasteiger partial charge is 0.305 e. The topological polar surface area (TPSA) is 42.7 Å². The molecule has 0 fully saturated rings.